The normalized spacial score (nSPS) is 21.0. The predicted octanol–water partition coefficient (Wildman–Crippen LogP) is 4.17. The van der Waals surface area contributed by atoms with Gasteiger partial charge in [-0.05, 0) is 44.0 Å². The van der Waals surface area contributed by atoms with Gasteiger partial charge in [0.2, 0.25) is 0 Å². The number of aryl methyl sites for hydroxylation is 1. The van der Waals surface area contributed by atoms with E-state index < -0.39 is 12.1 Å². The first kappa shape index (κ1) is 23.1. The fourth-order valence-corrected chi connectivity index (χ4v) is 4.38. The molecule has 1 saturated heterocycles. The quantitative estimate of drug-likeness (QED) is 0.658. The number of ether oxygens (including phenoxy) is 3. The van der Waals surface area contributed by atoms with E-state index in [1.807, 2.05) is 31.2 Å². The first-order valence-corrected chi connectivity index (χ1v) is 11.4. The molecule has 2 fully saturated rings. The molecule has 2 aromatic rings. The lowest BCUT2D eigenvalue weighted by atomic mass is 10.1. The standard InChI is InChI=1S/C24H30N2O7/c1-15-20(14-31-24(29)26(2)17-5-3-4-6-17)22(33-25-15)16-7-9-18(10-8-16)32-19-11-12-30-21(13-19)23(27)28/h7-10,17,19,21H,3-6,11-14H2,1-2H3,(H,27,28). The number of carbonyl (C=O) groups is 2. The number of aliphatic carboxylic acids is 1. The summed E-state index contributed by atoms with van der Waals surface area (Å²) >= 11 is 0. The molecule has 0 spiro atoms. The molecule has 178 valence electrons. The summed E-state index contributed by atoms with van der Waals surface area (Å²) in [6, 6.07) is 7.55. The molecule has 0 bridgehead atoms. The number of carboxylic acid groups (broad SMARTS) is 1. The zero-order chi connectivity index (χ0) is 23.4. The van der Waals surface area contributed by atoms with Crippen molar-refractivity contribution < 1.29 is 33.4 Å². The molecule has 9 nitrogen and oxygen atoms in total. The van der Waals surface area contributed by atoms with Gasteiger partial charge in [-0.15, -0.1) is 0 Å². The van der Waals surface area contributed by atoms with Crippen LogP contribution in [0.4, 0.5) is 4.79 Å². The molecule has 1 aromatic heterocycles. The van der Waals surface area contributed by atoms with Crippen molar-refractivity contribution in [2.24, 2.45) is 0 Å². The number of benzene rings is 1. The van der Waals surface area contributed by atoms with Crippen molar-refractivity contribution in [1.29, 1.82) is 0 Å². The lowest BCUT2D eigenvalue weighted by Gasteiger charge is -2.27. The highest BCUT2D eigenvalue weighted by atomic mass is 16.6. The van der Waals surface area contributed by atoms with Gasteiger partial charge < -0.3 is 28.7 Å². The van der Waals surface area contributed by atoms with Crippen LogP contribution < -0.4 is 4.74 Å². The Morgan fingerprint density at radius 3 is 2.61 bits per heavy atom. The molecule has 2 unspecified atom stereocenters. The zero-order valence-corrected chi connectivity index (χ0v) is 19.0. The summed E-state index contributed by atoms with van der Waals surface area (Å²) in [6.07, 6.45) is 3.87. The maximum Gasteiger partial charge on any atom is 0.410 e. The van der Waals surface area contributed by atoms with Crippen molar-refractivity contribution in [2.45, 2.75) is 70.3 Å². The van der Waals surface area contributed by atoms with E-state index in [2.05, 4.69) is 5.16 Å². The second-order valence-electron chi connectivity index (χ2n) is 8.67. The van der Waals surface area contributed by atoms with Crippen molar-refractivity contribution in [1.82, 2.24) is 10.1 Å². The summed E-state index contributed by atoms with van der Waals surface area (Å²) in [4.78, 5) is 25.3. The smallest absolute Gasteiger partial charge is 0.410 e. The minimum Gasteiger partial charge on any atom is -0.490 e. The largest absolute Gasteiger partial charge is 0.490 e. The molecule has 2 aliphatic rings. The number of nitrogens with zero attached hydrogens (tertiary/aromatic N) is 2. The van der Waals surface area contributed by atoms with Crippen molar-refractivity contribution >= 4 is 12.1 Å². The first-order valence-electron chi connectivity index (χ1n) is 11.4. The van der Waals surface area contributed by atoms with Gasteiger partial charge in [0.05, 0.1) is 17.9 Å². The van der Waals surface area contributed by atoms with E-state index in [1.54, 1.807) is 11.9 Å². The summed E-state index contributed by atoms with van der Waals surface area (Å²) in [5, 5.41) is 13.2. The van der Waals surface area contributed by atoms with Gasteiger partial charge in [-0.2, -0.15) is 0 Å². The Kier molecular flexibility index (Phi) is 7.17. The molecule has 1 amide bonds. The molecule has 1 N–H and O–H groups in total. The van der Waals surface area contributed by atoms with Gasteiger partial charge in [0.15, 0.2) is 11.9 Å². The van der Waals surface area contributed by atoms with E-state index in [-0.39, 0.29) is 24.8 Å². The predicted molar refractivity (Wildman–Crippen MR) is 118 cm³/mol. The monoisotopic (exact) mass is 458 g/mol. The molecule has 2 atom stereocenters. The van der Waals surface area contributed by atoms with Crippen LogP contribution in [0.15, 0.2) is 28.8 Å². The van der Waals surface area contributed by atoms with Crippen molar-refractivity contribution in [3.05, 3.63) is 35.5 Å². The molecule has 9 heteroatoms. The maximum atomic E-state index is 12.5. The van der Waals surface area contributed by atoms with E-state index in [1.165, 1.54) is 0 Å². The number of hydrogen-bond donors (Lipinski definition) is 1. The van der Waals surface area contributed by atoms with E-state index in [0.717, 1.165) is 36.8 Å². The average Bonchev–Trinajstić information content (AvgIpc) is 3.48. The molecule has 4 rings (SSSR count). The van der Waals surface area contributed by atoms with Crippen molar-refractivity contribution in [3.63, 3.8) is 0 Å². The van der Waals surface area contributed by atoms with Crippen LogP contribution >= 0.6 is 0 Å². The molecule has 33 heavy (non-hydrogen) atoms. The third-order valence-electron chi connectivity index (χ3n) is 6.42. The Labute approximate surface area is 192 Å². The number of hydrogen-bond acceptors (Lipinski definition) is 7. The molecule has 1 aliphatic heterocycles. The Morgan fingerprint density at radius 1 is 1.18 bits per heavy atom. The van der Waals surface area contributed by atoms with Gasteiger partial charge in [0.1, 0.15) is 18.5 Å². The van der Waals surface area contributed by atoms with Crippen LogP contribution in [0.2, 0.25) is 0 Å². The number of carbonyl (C=O) groups excluding carboxylic acids is 1. The fraction of sp³-hybridized carbons (Fsp3) is 0.542. The summed E-state index contributed by atoms with van der Waals surface area (Å²) in [6.45, 7) is 2.25. The van der Waals surface area contributed by atoms with Crippen LogP contribution in [-0.4, -0.2) is 59.1 Å². The Bertz CT molecular complexity index is 966. The van der Waals surface area contributed by atoms with Crippen molar-refractivity contribution in [2.75, 3.05) is 13.7 Å². The van der Waals surface area contributed by atoms with Gasteiger partial charge in [0.25, 0.3) is 0 Å². The third kappa shape index (κ3) is 5.47. The van der Waals surface area contributed by atoms with Crippen LogP contribution in [-0.2, 0) is 20.9 Å². The van der Waals surface area contributed by atoms with Crippen LogP contribution in [0, 0.1) is 6.92 Å². The number of rotatable bonds is 7. The molecule has 1 aliphatic carbocycles. The Morgan fingerprint density at radius 2 is 1.91 bits per heavy atom. The van der Waals surface area contributed by atoms with Gasteiger partial charge in [0, 0.05) is 31.5 Å². The number of carboxylic acids is 1. The summed E-state index contributed by atoms with van der Waals surface area (Å²) < 4.78 is 22.3. The summed E-state index contributed by atoms with van der Waals surface area (Å²) in [5.74, 6) is 0.214. The van der Waals surface area contributed by atoms with Crippen LogP contribution in [0.25, 0.3) is 11.3 Å². The van der Waals surface area contributed by atoms with Crippen LogP contribution in [0.5, 0.6) is 5.75 Å². The van der Waals surface area contributed by atoms with Gasteiger partial charge >= 0.3 is 12.1 Å². The first-order chi connectivity index (χ1) is 15.9. The average molecular weight is 459 g/mol. The highest BCUT2D eigenvalue weighted by Crippen LogP contribution is 2.30. The highest BCUT2D eigenvalue weighted by Gasteiger charge is 2.29. The topological polar surface area (TPSA) is 111 Å². The molecular formula is C24H30N2O7. The second-order valence-corrected chi connectivity index (χ2v) is 8.67. The number of aromatic nitrogens is 1. The molecule has 0 radical (unpaired) electrons. The maximum absolute atomic E-state index is 12.5. The lowest BCUT2D eigenvalue weighted by molar-refractivity contribution is -0.156. The minimum atomic E-state index is -0.970. The molecule has 2 heterocycles. The second kappa shape index (κ2) is 10.2. The van der Waals surface area contributed by atoms with Gasteiger partial charge in [-0.25, -0.2) is 9.59 Å². The SMILES string of the molecule is Cc1noc(-c2ccc(OC3CCOC(C(=O)O)C3)cc2)c1COC(=O)N(C)C1CCCC1. The minimum absolute atomic E-state index is 0.0808. The van der Waals surface area contributed by atoms with Gasteiger partial charge in [-0.1, -0.05) is 18.0 Å². The molecule has 1 aromatic carbocycles. The van der Waals surface area contributed by atoms with Crippen LogP contribution in [0.1, 0.15) is 49.8 Å². The lowest BCUT2D eigenvalue weighted by Crippen LogP contribution is -2.37. The number of amides is 1. The van der Waals surface area contributed by atoms with E-state index >= 15 is 0 Å². The summed E-state index contributed by atoms with van der Waals surface area (Å²) in [5.41, 5.74) is 2.18. The molecule has 1 saturated carbocycles. The van der Waals surface area contributed by atoms with Crippen molar-refractivity contribution in [3.8, 4) is 17.1 Å². The Balaban J connectivity index is 1.38. The fourth-order valence-electron chi connectivity index (χ4n) is 4.38. The Hall–Kier alpha value is -3.07. The van der Waals surface area contributed by atoms with Crippen LogP contribution in [0.3, 0.4) is 0 Å². The van der Waals surface area contributed by atoms with E-state index in [0.29, 0.717) is 36.7 Å². The van der Waals surface area contributed by atoms with Gasteiger partial charge in [-0.3, -0.25) is 0 Å². The zero-order valence-electron chi connectivity index (χ0n) is 19.0. The highest BCUT2D eigenvalue weighted by molar-refractivity contribution is 5.72. The summed E-state index contributed by atoms with van der Waals surface area (Å²) in [7, 11) is 1.79. The van der Waals surface area contributed by atoms with E-state index in [9.17, 15) is 9.59 Å². The van der Waals surface area contributed by atoms with E-state index in [4.69, 9.17) is 23.8 Å². The third-order valence-corrected chi connectivity index (χ3v) is 6.42. The molecular weight excluding hydrogens is 428 g/mol.